The quantitative estimate of drug-likeness (QED) is 0.773. The molecule has 1 aliphatic carbocycles. The molecule has 3 aromatic rings. The van der Waals surface area contributed by atoms with Crippen molar-refractivity contribution in [2.75, 3.05) is 0 Å². The van der Waals surface area contributed by atoms with Crippen LogP contribution in [0.5, 0.6) is 0 Å². The number of fused-ring (bicyclic) bond motifs is 1. The van der Waals surface area contributed by atoms with Crippen molar-refractivity contribution in [2.24, 2.45) is 0 Å². The van der Waals surface area contributed by atoms with E-state index in [2.05, 4.69) is 10.3 Å². The molecule has 0 radical (unpaired) electrons. The minimum absolute atomic E-state index is 0.0432. The average molecular weight is 337 g/mol. The van der Waals surface area contributed by atoms with E-state index in [4.69, 9.17) is 0 Å². The summed E-state index contributed by atoms with van der Waals surface area (Å²) in [6.07, 6.45) is 5.94. The lowest BCUT2D eigenvalue weighted by atomic mass is 9.92. The van der Waals surface area contributed by atoms with Gasteiger partial charge < -0.3 is 9.72 Å². The van der Waals surface area contributed by atoms with Gasteiger partial charge in [-0.1, -0.05) is 24.3 Å². The SMILES string of the molecule is Cc1cccn2c(C(CC(=O)NC3CC3)c3ccccc3F)cnc12. The highest BCUT2D eigenvalue weighted by atomic mass is 19.1. The number of hydrogen-bond donors (Lipinski definition) is 1. The number of amides is 1. The highest BCUT2D eigenvalue weighted by molar-refractivity contribution is 5.78. The number of benzene rings is 1. The summed E-state index contributed by atoms with van der Waals surface area (Å²) < 4.78 is 16.4. The van der Waals surface area contributed by atoms with E-state index in [9.17, 15) is 9.18 Å². The van der Waals surface area contributed by atoms with E-state index < -0.39 is 0 Å². The highest BCUT2D eigenvalue weighted by Gasteiger charge is 2.28. The molecule has 128 valence electrons. The predicted molar refractivity (Wildman–Crippen MR) is 94.0 cm³/mol. The number of imidazole rings is 1. The summed E-state index contributed by atoms with van der Waals surface area (Å²) in [7, 11) is 0. The second-order valence-electron chi connectivity index (χ2n) is 6.69. The van der Waals surface area contributed by atoms with Gasteiger partial charge in [-0.15, -0.1) is 0 Å². The molecule has 1 aliphatic rings. The van der Waals surface area contributed by atoms with Gasteiger partial charge >= 0.3 is 0 Å². The minimum atomic E-state index is -0.378. The second kappa shape index (κ2) is 6.31. The molecule has 1 fully saturated rings. The van der Waals surface area contributed by atoms with E-state index in [0.717, 1.165) is 29.7 Å². The molecule has 1 aromatic carbocycles. The number of carbonyl (C=O) groups excluding carboxylic acids is 1. The van der Waals surface area contributed by atoms with Gasteiger partial charge in [0, 0.05) is 30.8 Å². The number of aromatic nitrogens is 2. The summed E-state index contributed by atoms with van der Waals surface area (Å²) >= 11 is 0. The van der Waals surface area contributed by atoms with Gasteiger partial charge in [-0.25, -0.2) is 9.37 Å². The number of rotatable bonds is 5. The summed E-state index contributed by atoms with van der Waals surface area (Å²) in [5, 5.41) is 3.00. The molecule has 0 spiro atoms. The fourth-order valence-corrected chi connectivity index (χ4v) is 3.26. The first kappa shape index (κ1) is 15.8. The van der Waals surface area contributed by atoms with E-state index in [1.165, 1.54) is 6.07 Å². The minimum Gasteiger partial charge on any atom is -0.353 e. The van der Waals surface area contributed by atoms with Crippen LogP contribution in [0.4, 0.5) is 4.39 Å². The molecule has 4 nitrogen and oxygen atoms in total. The Morgan fingerprint density at radius 1 is 1.32 bits per heavy atom. The zero-order chi connectivity index (χ0) is 17.4. The van der Waals surface area contributed by atoms with Crippen LogP contribution in [0, 0.1) is 12.7 Å². The summed E-state index contributed by atoms with van der Waals surface area (Å²) in [4.78, 5) is 16.9. The van der Waals surface area contributed by atoms with Crippen molar-refractivity contribution < 1.29 is 9.18 Å². The van der Waals surface area contributed by atoms with E-state index in [1.54, 1.807) is 24.4 Å². The zero-order valence-corrected chi connectivity index (χ0v) is 14.1. The summed E-state index contributed by atoms with van der Waals surface area (Å²) in [6, 6.07) is 10.9. The molecule has 4 rings (SSSR count). The smallest absolute Gasteiger partial charge is 0.221 e. The van der Waals surface area contributed by atoms with Crippen LogP contribution < -0.4 is 5.32 Å². The monoisotopic (exact) mass is 337 g/mol. The lowest BCUT2D eigenvalue weighted by Gasteiger charge is -2.18. The third-order valence-corrected chi connectivity index (χ3v) is 4.73. The van der Waals surface area contributed by atoms with Crippen molar-refractivity contribution in [3.05, 3.63) is 71.4 Å². The molecular weight excluding hydrogens is 317 g/mol. The number of aryl methyl sites for hydroxylation is 1. The third kappa shape index (κ3) is 3.14. The molecule has 0 aliphatic heterocycles. The maximum atomic E-state index is 14.5. The van der Waals surface area contributed by atoms with Gasteiger partial charge in [-0.2, -0.15) is 0 Å². The van der Waals surface area contributed by atoms with Gasteiger partial charge in [0.05, 0.1) is 5.69 Å². The number of nitrogens with one attached hydrogen (secondary N) is 1. The van der Waals surface area contributed by atoms with Gasteiger partial charge in [0.25, 0.3) is 0 Å². The first-order chi connectivity index (χ1) is 12.1. The van der Waals surface area contributed by atoms with Crippen LogP contribution in [0.1, 0.15) is 42.0 Å². The number of hydrogen-bond acceptors (Lipinski definition) is 2. The Morgan fingerprint density at radius 2 is 2.12 bits per heavy atom. The van der Waals surface area contributed by atoms with E-state index >= 15 is 0 Å². The first-order valence-electron chi connectivity index (χ1n) is 8.60. The lowest BCUT2D eigenvalue weighted by molar-refractivity contribution is -0.121. The molecule has 0 bridgehead atoms. The number of carbonyl (C=O) groups is 1. The van der Waals surface area contributed by atoms with Crippen molar-refractivity contribution in [1.29, 1.82) is 0 Å². The molecular formula is C20H20FN3O. The Labute approximate surface area is 145 Å². The highest BCUT2D eigenvalue weighted by Crippen LogP contribution is 2.31. The maximum absolute atomic E-state index is 14.5. The molecule has 0 saturated heterocycles. The topological polar surface area (TPSA) is 46.4 Å². The van der Waals surface area contributed by atoms with Gasteiger partial charge in [0.15, 0.2) is 0 Å². The Bertz CT molecular complexity index is 930. The normalized spacial score (nSPS) is 15.3. The summed E-state index contributed by atoms with van der Waals surface area (Å²) in [5.74, 6) is -0.718. The molecule has 1 unspecified atom stereocenters. The summed E-state index contributed by atoms with van der Waals surface area (Å²) in [6.45, 7) is 1.99. The Balaban J connectivity index is 1.77. The van der Waals surface area contributed by atoms with Gasteiger partial charge in [0.1, 0.15) is 11.5 Å². The van der Waals surface area contributed by atoms with Crippen LogP contribution in [-0.2, 0) is 4.79 Å². The Hall–Kier alpha value is -2.69. The second-order valence-corrected chi connectivity index (χ2v) is 6.69. The molecule has 1 amide bonds. The number of pyridine rings is 1. The van der Waals surface area contributed by atoms with E-state index in [-0.39, 0.29) is 30.1 Å². The number of halogens is 1. The van der Waals surface area contributed by atoms with Gasteiger partial charge in [-0.05, 0) is 43.0 Å². The molecule has 1 atom stereocenters. The third-order valence-electron chi connectivity index (χ3n) is 4.73. The van der Waals surface area contributed by atoms with Gasteiger partial charge in [-0.3, -0.25) is 4.79 Å². The van der Waals surface area contributed by atoms with Crippen LogP contribution in [-0.4, -0.2) is 21.3 Å². The molecule has 2 aromatic heterocycles. The van der Waals surface area contributed by atoms with Crippen LogP contribution in [0.15, 0.2) is 48.8 Å². The van der Waals surface area contributed by atoms with Crippen LogP contribution in [0.3, 0.4) is 0 Å². The molecule has 1 saturated carbocycles. The summed E-state index contributed by atoms with van der Waals surface area (Å²) in [5.41, 5.74) is 3.23. The maximum Gasteiger partial charge on any atom is 0.221 e. The van der Waals surface area contributed by atoms with Gasteiger partial charge in [0.2, 0.25) is 5.91 Å². The van der Waals surface area contributed by atoms with Crippen LogP contribution in [0.2, 0.25) is 0 Å². The van der Waals surface area contributed by atoms with E-state index in [1.807, 2.05) is 29.7 Å². The predicted octanol–water partition coefficient (Wildman–Crippen LogP) is 3.58. The fourth-order valence-electron chi connectivity index (χ4n) is 3.26. The van der Waals surface area contributed by atoms with Crippen molar-refractivity contribution in [2.45, 2.75) is 38.1 Å². The van der Waals surface area contributed by atoms with Crippen molar-refractivity contribution in [1.82, 2.24) is 14.7 Å². The van der Waals surface area contributed by atoms with Crippen molar-refractivity contribution >= 4 is 11.6 Å². The fraction of sp³-hybridized carbons (Fsp3) is 0.300. The average Bonchev–Trinajstić information content (AvgIpc) is 3.29. The Kier molecular flexibility index (Phi) is 3.99. The zero-order valence-electron chi connectivity index (χ0n) is 14.1. The largest absolute Gasteiger partial charge is 0.353 e. The lowest BCUT2D eigenvalue weighted by Crippen LogP contribution is -2.27. The Morgan fingerprint density at radius 3 is 2.88 bits per heavy atom. The van der Waals surface area contributed by atoms with Crippen molar-refractivity contribution in [3.63, 3.8) is 0 Å². The number of nitrogens with zero attached hydrogens (tertiary/aromatic N) is 2. The standard InChI is InChI=1S/C20H20FN3O/c1-13-5-4-10-24-18(12-22-20(13)24)16(11-19(25)23-14-8-9-14)15-6-2-3-7-17(15)21/h2-7,10,12,14,16H,8-9,11H2,1H3,(H,23,25). The molecule has 1 N–H and O–H groups in total. The van der Waals surface area contributed by atoms with Crippen LogP contribution >= 0.6 is 0 Å². The van der Waals surface area contributed by atoms with Crippen LogP contribution in [0.25, 0.3) is 5.65 Å². The van der Waals surface area contributed by atoms with Crippen molar-refractivity contribution in [3.8, 4) is 0 Å². The molecule has 25 heavy (non-hydrogen) atoms. The molecule has 5 heteroatoms. The first-order valence-corrected chi connectivity index (χ1v) is 8.60. The van der Waals surface area contributed by atoms with E-state index in [0.29, 0.717) is 5.56 Å². The molecule has 2 heterocycles.